The van der Waals surface area contributed by atoms with E-state index in [9.17, 15) is 0 Å². The second kappa shape index (κ2) is 5.61. The van der Waals surface area contributed by atoms with E-state index in [1.165, 1.54) is 71.0 Å². The fourth-order valence-electron chi connectivity index (χ4n) is 4.85. The quantitative estimate of drug-likeness (QED) is 0.822. The third kappa shape index (κ3) is 2.92. The van der Waals surface area contributed by atoms with Gasteiger partial charge >= 0.3 is 0 Å². The van der Waals surface area contributed by atoms with Crippen molar-refractivity contribution in [3.63, 3.8) is 0 Å². The third-order valence-electron chi connectivity index (χ3n) is 6.27. The largest absolute Gasteiger partial charge is 0.308 e. The molecule has 1 aliphatic heterocycles. The van der Waals surface area contributed by atoms with Gasteiger partial charge in [0.05, 0.1) is 0 Å². The molecule has 0 aromatic carbocycles. The van der Waals surface area contributed by atoms with Gasteiger partial charge in [-0.1, -0.05) is 40.0 Å². The summed E-state index contributed by atoms with van der Waals surface area (Å²) in [6.07, 6.45) is 11.5. The van der Waals surface area contributed by atoms with Crippen molar-refractivity contribution in [2.75, 3.05) is 19.6 Å². The average molecular weight is 278 g/mol. The fraction of sp³-hybridized carbons (Fsp3) is 1.00. The molecular formula is C18H34N2. The molecule has 1 atom stereocenters. The van der Waals surface area contributed by atoms with Crippen LogP contribution < -0.4 is 5.32 Å². The number of piperazine rings is 1. The van der Waals surface area contributed by atoms with E-state index in [1.54, 1.807) is 0 Å². The minimum atomic E-state index is 0.480. The van der Waals surface area contributed by atoms with Gasteiger partial charge in [0.25, 0.3) is 0 Å². The van der Waals surface area contributed by atoms with E-state index in [-0.39, 0.29) is 0 Å². The highest BCUT2D eigenvalue weighted by Gasteiger charge is 2.48. The lowest BCUT2D eigenvalue weighted by atomic mass is 9.87. The van der Waals surface area contributed by atoms with Crippen molar-refractivity contribution in [2.45, 2.75) is 83.7 Å². The van der Waals surface area contributed by atoms with Gasteiger partial charge < -0.3 is 5.32 Å². The highest BCUT2D eigenvalue weighted by Crippen LogP contribution is 2.51. The number of hydrogen-bond acceptors (Lipinski definition) is 2. The first kappa shape index (κ1) is 14.8. The molecule has 0 aromatic rings. The van der Waals surface area contributed by atoms with Gasteiger partial charge in [0, 0.05) is 31.2 Å². The molecule has 1 unspecified atom stereocenters. The summed E-state index contributed by atoms with van der Waals surface area (Å²) in [7, 11) is 0. The van der Waals surface area contributed by atoms with Gasteiger partial charge in [-0.15, -0.1) is 0 Å². The number of hydrogen-bond donors (Lipinski definition) is 1. The van der Waals surface area contributed by atoms with Gasteiger partial charge in [0.2, 0.25) is 0 Å². The molecular weight excluding hydrogens is 244 g/mol. The molecule has 1 heterocycles. The Hall–Kier alpha value is -0.0800. The van der Waals surface area contributed by atoms with Crippen molar-refractivity contribution in [1.82, 2.24) is 10.2 Å². The smallest absolute Gasteiger partial charge is 0.0309 e. The molecule has 2 aliphatic carbocycles. The second-order valence-electron chi connectivity index (χ2n) is 8.33. The Balaban J connectivity index is 1.69. The van der Waals surface area contributed by atoms with E-state index in [2.05, 4.69) is 31.0 Å². The van der Waals surface area contributed by atoms with E-state index < -0.39 is 0 Å². The van der Waals surface area contributed by atoms with Crippen LogP contribution in [0.25, 0.3) is 0 Å². The monoisotopic (exact) mass is 278 g/mol. The molecule has 2 nitrogen and oxygen atoms in total. The van der Waals surface area contributed by atoms with Crippen molar-refractivity contribution in [2.24, 2.45) is 11.3 Å². The zero-order valence-corrected chi connectivity index (χ0v) is 13.9. The zero-order valence-electron chi connectivity index (χ0n) is 13.9. The predicted molar refractivity (Wildman–Crippen MR) is 86.0 cm³/mol. The van der Waals surface area contributed by atoms with Gasteiger partial charge in [-0.25, -0.2) is 0 Å². The molecule has 2 heteroatoms. The Morgan fingerprint density at radius 2 is 1.85 bits per heavy atom. The number of nitrogens with one attached hydrogen (secondary N) is 1. The Morgan fingerprint density at radius 3 is 2.40 bits per heavy atom. The predicted octanol–water partition coefficient (Wildman–Crippen LogP) is 3.81. The van der Waals surface area contributed by atoms with Crippen molar-refractivity contribution in [1.29, 1.82) is 0 Å². The molecule has 1 spiro atoms. The maximum Gasteiger partial charge on any atom is 0.0309 e. The molecule has 3 fully saturated rings. The summed E-state index contributed by atoms with van der Waals surface area (Å²) in [4.78, 5) is 2.90. The normalized spacial score (nSPS) is 32.1. The molecule has 0 radical (unpaired) electrons. The molecule has 116 valence electrons. The van der Waals surface area contributed by atoms with Crippen molar-refractivity contribution in [3.05, 3.63) is 0 Å². The average Bonchev–Trinajstić information content (AvgIpc) is 3.00. The van der Waals surface area contributed by atoms with Crippen LogP contribution in [-0.4, -0.2) is 36.1 Å². The summed E-state index contributed by atoms with van der Waals surface area (Å²) in [5, 5.41) is 3.95. The molecule has 0 amide bonds. The van der Waals surface area contributed by atoms with Gasteiger partial charge in [-0.05, 0) is 43.4 Å². The molecule has 1 saturated heterocycles. The topological polar surface area (TPSA) is 15.3 Å². The molecule has 0 bridgehead atoms. The van der Waals surface area contributed by atoms with Crippen LogP contribution >= 0.6 is 0 Å². The first-order valence-corrected chi connectivity index (χ1v) is 9.07. The lowest BCUT2D eigenvalue weighted by molar-refractivity contribution is 0.0388. The Labute approximate surface area is 125 Å². The molecule has 3 rings (SSSR count). The highest BCUT2D eigenvalue weighted by molar-refractivity contribution is 5.04. The SMILES string of the molecule is CCCC1(CN2CC3(CCCC3)NCC2C(C)C)CC1. The zero-order chi connectivity index (χ0) is 14.2. The maximum atomic E-state index is 3.95. The molecule has 20 heavy (non-hydrogen) atoms. The molecule has 2 saturated carbocycles. The highest BCUT2D eigenvalue weighted by atomic mass is 15.3. The Bertz CT molecular complexity index is 326. The first-order chi connectivity index (χ1) is 9.58. The van der Waals surface area contributed by atoms with E-state index >= 15 is 0 Å². The summed E-state index contributed by atoms with van der Waals surface area (Å²) >= 11 is 0. The number of nitrogens with zero attached hydrogens (tertiary/aromatic N) is 1. The van der Waals surface area contributed by atoms with Crippen molar-refractivity contribution < 1.29 is 0 Å². The van der Waals surface area contributed by atoms with Crippen LogP contribution in [0.5, 0.6) is 0 Å². The van der Waals surface area contributed by atoms with Gasteiger partial charge in [0.1, 0.15) is 0 Å². The van der Waals surface area contributed by atoms with E-state index in [0.29, 0.717) is 11.0 Å². The van der Waals surface area contributed by atoms with Crippen LogP contribution in [0.2, 0.25) is 0 Å². The summed E-state index contributed by atoms with van der Waals surface area (Å²) in [5.74, 6) is 0.777. The summed E-state index contributed by atoms with van der Waals surface area (Å²) in [6.45, 7) is 11.1. The maximum absolute atomic E-state index is 3.95. The summed E-state index contributed by atoms with van der Waals surface area (Å²) in [6, 6.07) is 0.760. The van der Waals surface area contributed by atoms with E-state index in [1.807, 2.05) is 0 Å². The van der Waals surface area contributed by atoms with Crippen molar-refractivity contribution >= 4 is 0 Å². The Morgan fingerprint density at radius 1 is 1.15 bits per heavy atom. The van der Waals surface area contributed by atoms with Crippen LogP contribution in [-0.2, 0) is 0 Å². The minimum absolute atomic E-state index is 0.480. The first-order valence-electron chi connectivity index (χ1n) is 9.07. The lowest BCUT2D eigenvalue weighted by Gasteiger charge is -2.49. The fourth-order valence-corrected chi connectivity index (χ4v) is 4.85. The molecule has 3 aliphatic rings. The lowest BCUT2D eigenvalue weighted by Crippen LogP contribution is -2.65. The van der Waals surface area contributed by atoms with E-state index in [0.717, 1.165) is 12.0 Å². The summed E-state index contributed by atoms with van der Waals surface area (Å²) in [5.41, 5.74) is 1.19. The van der Waals surface area contributed by atoms with Gasteiger partial charge in [-0.2, -0.15) is 0 Å². The van der Waals surface area contributed by atoms with Crippen LogP contribution in [0.3, 0.4) is 0 Å². The van der Waals surface area contributed by atoms with Crippen molar-refractivity contribution in [3.8, 4) is 0 Å². The minimum Gasteiger partial charge on any atom is -0.308 e. The van der Waals surface area contributed by atoms with Gasteiger partial charge in [-0.3, -0.25) is 4.90 Å². The van der Waals surface area contributed by atoms with E-state index in [4.69, 9.17) is 0 Å². The Kier molecular flexibility index (Phi) is 4.16. The third-order valence-corrected chi connectivity index (χ3v) is 6.27. The van der Waals surface area contributed by atoms with Crippen LogP contribution in [0, 0.1) is 11.3 Å². The number of rotatable bonds is 5. The van der Waals surface area contributed by atoms with Crippen LogP contribution in [0.4, 0.5) is 0 Å². The van der Waals surface area contributed by atoms with Gasteiger partial charge in [0.15, 0.2) is 0 Å². The molecule has 1 N–H and O–H groups in total. The molecule has 0 aromatic heterocycles. The van der Waals surface area contributed by atoms with Crippen LogP contribution in [0.1, 0.15) is 72.1 Å². The standard InChI is InChI=1S/C18H34N2/c1-4-7-17(10-11-17)13-20-14-18(8-5-6-9-18)19-12-16(20)15(2)3/h15-16,19H,4-14H2,1-3H3. The second-order valence-corrected chi connectivity index (χ2v) is 8.33. The summed E-state index contributed by atoms with van der Waals surface area (Å²) < 4.78 is 0. The van der Waals surface area contributed by atoms with Crippen LogP contribution in [0.15, 0.2) is 0 Å².